The SMILES string of the molecule is NCC1(c2ccc(Cl)cc2Cl)CC1(F)F. The highest BCUT2D eigenvalue weighted by atomic mass is 35.5. The Kier molecular flexibility index (Phi) is 2.45. The summed E-state index contributed by atoms with van der Waals surface area (Å²) in [5.74, 6) is -2.75. The van der Waals surface area contributed by atoms with Crippen LogP contribution in [0.15, 0.2) is 18.2 Å². The van der Waals surface area contributed by atoms with E-state index in [1.165, 1.54) is 12.1 Å². The van der Waals surface area contributed by atoms with E-state index in [9.17, 15) is 8.78 Å². The summed E-state index contributed by atoms with van der Waals surface area (Å²) in [5, 5.41) is 0.685. The number of halogens is 4. The molecule has 0 aromatic heterocycles. The van der Waals surface area contributed by atoms with E-state index in [1.54, 1.807) is 6.07 Å². The first-order valence-corrected chi connectivity index (χ1v) is 5.22. The van der Waals surface area contributed by atoms with Crippen molar-refractivity contribution < 1.29 is 8.78 Å². The first-order valence-electron chi connectivity index (χ1n) is 4.46. The van der Waals surface area contributed by atoms with Gasteiger partial charge in [-0.25, -0.2) is 8.78 Å². The normalized spacial score (nSPS) is 27.8. The van der Waals surface area contributed by atoms with Crippen molar-refractivity contribution >= 4 is 23.2 Å². The molecule has 5 heteroatoms. The van der Waals surface area contributed by atoms with E-state index in [0.717, 1.165) is 0 Å². The monoisotopic (exact) mass is 251 g/mol. The number of nitrogens with two attached hydrogens (primary N) is 1. The molecule has 1 aromatic rings. The van der Waals surface area contributed by atoms with Gasteiger partial charge in [-0.2, -0.15) is 0 Å². The van der Waals surface area contributed by atoms with Crippen LogP contribution in [0, 0.1) is 0 Å². The Bertz CT molecular complexity index is 408. The van der Waals surface area contributed by atoms with Gasteiger partial charge in [-0.05, 0) is 17.7 Å². The maximum atomic E-state index is 13.2. The number of hydrogen-bond acceptors (Lipinski definition) is 1. The van der Waals surface area contributed by atoms with E-state index in [2.05, 4.69) is 0 Å². The Morgan fingerprint density at radius 2 is 1.93 bits per heavy atom. The first kappa shape index (κ1) is 11.1. The zero-order valence-corrected chi connectivity index (χ0v) is 9.25. The molecular formula is C10H9Cl2F2N. The molecule has 1 aliphatic rings. The van der Waals surface area contributed by atoms with Crippen LogP contribution in [0.3, 0.4) is 0 Å². The fourth-order valence-electron chi connectivity index (χ4n) is 1.84. The lowest BCUT2D eigenvalue weighted by Crippen LogP contribution is -2.27. The van der Waals surface area contributed by atoms with Gasteiger partial charge in [0.15, 0.2) is 0 Å². The van der Waals surface area contributed by atoms with Crippen molar-refractivity contribution in [2.24, 2.45) is 5.73 Å². The average molecular weight is 252 g/mol. The van der Waals surface area contributed by atoms with Crippen molar-refractivity contribution in [3.63, 3.8) is 0 Å². The Labute approximate surface area is 96.2 Å². The van der Waals surface area contributed by atoms with Crippen LogP contribution in [-0.2, 0) is 5.41 Å². The van der Waals surface area contributed by atoms with Gasteiger partial charge in [-0.15, -0.1) is 0 Å². The minimum Gasteiger partial charge on any atom is -0.329 e. The van der Waals surface area contributed by atoms with Crippen LogP contribution in [-0.4, -0.2) is 12.5 Å². The summed E-state index contributed by atoms with van der Waals surface area (Å²) < 4.78 is 26.5. The summed E-state index contributed by atoms with van der Waals surface area (Å²) in [7, 11) is 0. The summed E-state index contributed by atoms with van der Waals surface area (Å²) in [4.78, 5) is 0. The number of alkyl halides is 2. The molecule has 1 aliphatic carbocycles. The van der Waals surface area contributed by atoms with Crippen molar-refractivity contribution in [3.8, 4) is 0 Å². The lowest BCUT2D eigenvalue weighted by atomic mass is 9.95. The Morgan fingerprint density at radius 3 is 2.33 bits per heavy atom. The molecule has 82 valence electrons. The van der Waals surface area contributed by atoms with Gasteiger partial charge in [0, 0.05) is 23.0 Å². The van der Waals surface area contributed by atoms with Crippen LogP contribution in [0.4, 0.5) is 8.78 Å². The zero-order valence-electron chi connectivity index (χ0n) is 7.74. The second-order valence-corrected chi connectivity index (χ2v) is 4.64. The van der Waals surface area contributed by atoms with E-state index in [-0.39, 0.29) is 18.0 Å². The van der Waals surface area contributed by atoms with Gasteiger partial charge in [0.1, 0.15) is 0 Å². The third-order valence-electron chi connectivity index (χ3n) is 2.89. The topological polar surface area (TPSA) is 26.0 Å². The quantitative estimate of drug-likeness (QED) is 0.859. The summed E-state index contributed by atoms with van der Waals surface area (Å²) in [5.41, 5.74) is 4.52. The summed E-state index contributed by atoms with van der Waals surface area (Å²) in [6, 6.07) is 4.54. The van der Waals surface area contributed by atoms with E-state index < -0.39 is 11.3 Å². The van der Waals surface area contributed by atoms with Crippen molar-refractivity contribution in [2.45, 2.75) is 17.8 Å². The van der Waals surface area contributed by atoms with Gasteiger partial charge in [-0.1, -0.05) is 29.3 Å². The highest BCUT2D eigenvalue weighted by Gasteiger charge is 2.71. The van der Waals surface area contributed by atoms with Crippen LogP contribution < -0.4 is 5.73 Å². The molecule has 1 saturated carbocycles. The molecule has 1 nitrogen and oxygen atoms in total. The second-order valence-electron chi connectivity index (χ2n) is 3.79. The largest absolute Gasteiger partial charge is 0.329 e. The van der Waals surface area contributed by atoms with E-state index >= 15 is 0 Å². The van der Waals surface area contributed by atoms with E-state index in [1.807, 2.05) is 0 Å². The van der Waals surface area contributed by atoms with Crippen LogP contribution >= 0.6 is 23.2 Å². The molecule has 1 aromatic carbocycles. The molecular weight excluding hydrogens is 243 g/mol. The molecule has 15 heavy (non-hydrogen) atoms. The fraction of sp³-hybridized carbons (Fsp3) is 0.400. The van der Waals surface area contributed by atoms with Crippen LogP contribution in [0.2, 0.25) is 10.0 Å². The van der Waals surface area contributed by atoms with Gasteiger partial charge in [0.05, 0.1) is 5.41 Å². The number of rotatable bonds is 2. The maximum absolute atomic E-state index is 13.2. The summed E-state index contributed by atoms with van der Waals surface area (Å²) >= 11 is 11.6. The van der Waals surface area contributed by atoms with Crippen LogP contribution in [0.5, 0.6) is 0 Å². The first-order chi connectivity index (χ1) is 6.93. The van der Waals surface area contributed by atoms with Crippen molar-refractivity contribution in [2.75, 3.05) is 6.54 Å². The Hall–Kier alpha value is -0.380. The van der Waals surface area contributed by atoms with Crippen molar-refractivity contribution in [1.82, 2.24) is 0 Å². The molecule has 1 atom stereocenters. The molecule has 0 spiro atoms. The lowest BCUT2D eigenvalue weighted by molar-refractivity contribution is 0.0896. The van der Waals surface area contributed by atoms with Gasteiger partial charge >= 0.3 is 0 Å². The molecule has 0 radical (unpaired) electrons. The molecule has 2 rings (SSSR count). The molecule has 1 unspecified atom stereocenters. The molecule has 2 N–H and O–H groups in total. The molecule has 0 amide bonds. The lowest BCUT2D eigenvalue weighted by Gasteiger charge is -2.16. The number of benzene rings is 1. The minimum atomic E-state index is -2.75. The predicted molar refractivity (Wildman–Crippen MR) is 56.8 cm³/mol. The van der Waals surface area contributed by atoms with Gasteiger partial charge in [-0.3, -0.25) is 0 Å². The molecule has 0 heterocycles. The van der Waals surface area contributed by atoms with Crippen molar-refractivity contribution in [3.05, 3.63) is 33.8 Å². The van der Waals surface area contributed by atoms with Crippen LogP contribution in [0.25, 0.3) is 0 Å². The minimum absolute atomic E-state index is 0.110. The molecule has 1 fully saturated rings. The highest BCUT2D eigenvalue weighted by molar-refractivity contribution is 6.35. The van der Waals surface area contributed by atoms with Gasteiger partial charge in [0.25, 0.3) is 5.92 Å². The van der Waals surface area contributed by atoms with Gasteiger partial charge in [0.2, 0.25) is 0 Å². The Balaban J connectivity index is 2.46. The molecule has 0 saturated heterocycles. The zero-order chi connectivity index (χ0) is 11.3. The predicted octanol–water partition coefficient (Wildman–Crippen LogP) is 3.23. The highest BCUT2D eigenvalue weighted by Crippen LogP contribution is 2.62. The third-order valence-corrected chi connectivity index (χ3v) is 3.44. The van der Waals surface area contributed by atoms with E-state index in [0.29, 0.717) is 10.6 Å². The maximum Gasteiger partial charge on any atom is 0.260 e. The number of hydrogen-bond donors (Lipinski definition) is 1. The second kappa shape index (κ2) is 3.30. The van der Waals surface area contributed by atoms with Gasteiger partial charge < -0.3 is 5.73 Å². The molecule has 0 bridgehead atoms. The third kappa shape index (κ3) is 1.53. The fourth-order valence-corrected chi connectivity index (χ4v) is 2.43. The molecule has 0 aliphatic heterocycles. The average Bonchev–Trinajstić information content (AvgIpc) is 2.69. The summed E-state index contributed by atoms with van der Waals surface area (Å²) in [6.07, 6.45) is -0.238. The van der Waals surface area contributed by atoms with Crippen LogP contribution in [0.1, 0.15) is 12.0 Å². The Morgan fingerprint density at radius 1 is 1.33 bits per heavy atom. The summed E-state index contributed by atoms with van der Waals surface area (Å²) in [6.45, 7) is -0.110. The smallest absolute Gasteiger partial charge is 0.260 e. The standard InChI is InChI=1S/C10H9Cl2F2N/c11-6-1-2-7(8(12)3-6)9(5-15)4-10(9,13)14/h1-3H,4-5,15H2. The van der Waals surface area contributed by atoms with E-state index in [4.69, 9.17) is 28.9 Å². The van der Waals surface area contributed by atoms with Crippen molar-refractivity contribution in [1.29, 1.82) is 0 Å².